The van der Waals surface area contributed by atoms with E-state index in [4.69, 9.17) is 0 Å². The average Bonchev–Trinajstić information content (AvgIpc) is 2.37. The summed E-state index contributed by atoms with van der Waals surface area (Å²) < 4.78 is 26.1. The highest BCUT2D eigenvalue weighted by molar-refractivity contribution is 6.49. The third-order valence-electron chi connectivity index (χ3n) is 3.20. The minimum atomic E-state index is -2.46. The summed E-state index contributed by atoms with van der Waals surface area (Å²) in [6.45, 7) is 0.403. The van der Waals surface area contributed by atoms with Gasteiger partial charge in [0.1, 0.15) is 0 Å². The predicted octanol–water partition coefficient (Wildman–Crippen LogP) is 2.91. The zero-order valence-corrected chi connectivity index (χ0v) is 9.24. The van der Waals surface area contributed by atoms with Crippen LogP contribution in [0.3, 0.4) is 0 Å². The van der Waals surface area contributed by atoms with Crippen molar-refractivity contribution in [2.75, 3.05) is 11.4 Å². The molecule has 1 aliphatic heterocycles. The maximum atomic E-state index is 13.0. The normalized spacial score (nSPS) is 14.8. The van der Waals surface area contributed by atoms with Crippen LogP contribution < -0.4 is 4.81 Å². The van der Waals surface area contributed by atoms with E-state index in [1.165, 1.54) is 0 Å². The zero-order chi connectivity index (χ0) is 11.8. The fourth-order valence-electron chi connectivity index (χ4n) is 2.44. The van der Waals surface area contributed by atoms with Gasteiger partial charge in [-0.15, -0.1) is 0 Å². The first-order chi connectivity index (χ1) is 8.27. The summed E-state index contributed by atoms with van der Waals surface area (Å²) >= 11 is 0. The van der Waals surface area contributed by atoms with Crippen molar-refractivity contribution >= 4 is 24.0 Å². The molecule has 0 spiro atoms. The van der Waals surface area contributed by atoms with E-state index >= 15 is 0 Å². The van der Waals surface area contributed by atoms with Crippen molar-refractivity contribution < 1.29 is 8.63 Å². The number of aromatic nitrogens is 1. The summed E-state index contributed by atoms with van der Waals surface area (Å²) in [6, 6.07) is 7.62. The quantitative estimate of drug-likeness (QED) is 0.702. The first kappa shape index (κ1) is 10.5. The number of aryl methyl sites for hydroxylation is 1. The molecule has 0 radical (unpaired) electrons. The van der Waals surface area contributed by atoms with E-state index in [9.17, 15) is 8.63 Å². The average molecular weight is 232 g/mol. The Kier molecular flexibility index (Phi) is 2.46. The molecule has 3 rings (SSSR count). The Balaban J connectivity index is 2.28. The molecule has 1 aromatic carbocycles. The van der Waals surface area contributed by atoms with E-state index in [1.807, 2.05) is 24.3 Å². The molecule has 0 unspecified atom stereocenters. The van der Waals surface area contributed by atoms with Crippen LogP contribution in [0.25, 0.3) is 10.9 Å². The van der Waals surface area contributed by atoms with E-state index in [-0.39, 0.29) is 0 Å². The topological polar surface area (TPSA) is 16.1 Å². The van der Waals surface area contributed by atoms with Crippen LogP contribution >= 0.6 is 0 Å². The molecular weight excluding hydrogens is 221 g/mol. The molecule has 0 atom stereocenters. The summed E-state index contributed by atoms with van der Waals surface area (Å²) in [5.41, 5.74) is 2.28. The van der Waals surface area contributed by atoms with Crippen LogP contribution in [-0.2, 0) is 6.42 Å². The number of pyridine rings is 1. The lowest BCUT2D eigenvalue weighted by atomic mass is 9.94. The van der Waals surface area contributed by atoms with Gasteiger partial charge in [-0.25, -0.2) is 0 Å². The number of nitrogens with zero attached hydrogens (tertiary/aromatic N) is 2. The van der Waals surface area contributed by atoms with Crippen molar-refractivity contribution in [3.05, 3.63) is 36.0 Å². The van der Waals surface area contributed by atoms with Gasteiger partial charge in [-0.05, 0) is 24.5 Å². The van der Waals surface area contributed by atoms with E-state index in [0.717, 1.165) is 28.6 Å². The van der Waals surface area contributed by atoms with Gasteiger partial charge in [0.2, 0.25) is 0 Å². The molecular formula is C12H11BF2N2. The van der Waals surface area contributed by atoms with Gasteiger partial charge in [0, 0.05) is 18.1 Å². The van der Waals surface area contributed by atoms with Crippen molar-refractivity contribution in [2.24, 2.45) is 0 Å². The first-order valence-electron chi connectivity index (χ1n) is 5.69. The summed E-state index contributed by atoms with van der Waals surface area (Å²) in [7, 11) is -2.46. The highest BCUT2D eigenvalue weighted by atomic mass is 19.2. The molecule has 5 heteroatoms. The third-order valence-corrected chi connectivity index (χ3v) is 3.20. The molecule has 2 heterocycles. The molecule has 0 N–H and O–H groups in total. The van der Waals surface area contributed by atoms with Gasteiger partial charge in [0.15, 0.2) is 0 Å². The summed E-state index contributed by atoms with van der Waals surface area (Å²) in [5, 5.41) is 0.916. The number of rotatable bonds is 1. The minimum Gasteiger partial charge on any atom is -0.355 e. The lowest BCUT2D eigenvalue weighted by molar-refractivity contribution is 0.623. The van der Waals surface area contributed by atoms with Crippen LogP contribution in [0.1, 0.15) is 12.0 Å². The van der Waals surface area contributed by atoms with Gasteiger partial charge in [0.05, 0.1) is 11.2 Å². The van der Waals surface area contributed by atoms with Gasteiger partial charge in [-0.1, -0.05) is 18.2 Å². The van der Waals surface area contributed by atoms with E-state index in [1.54, 1.807) is 6.20 Å². The third kappa shape index (κ3) is 1.66. The van der Waals surface area contributed by atoms with Crippen molar-refractivity contribution in [1.82, 2.24) is 4.98 Å². The van der Waals surface area contributed by atoms with Gasteiger partial charge < -0.3 is 4.81 Å². The van der Waals surface area contributed by atoms with Crippen LogP contribution in [0.5, 0.6) is 0 Å². The Morgan fingerprint density at radius 1 is 1.24 bits per heavy atom. The zero-order valence-electron chi connectivity index (χ0n) is 9.24. The van der Waals surface area contributed by atoms with Crippen LogP contribution in [0, 0.1) is 0 Å². The van der Waals surface area contributed by atoms with Gasteiger partial charge in [-0.3, -0.25) is 13.6 Å². The minimum absolute atomic E-state index is 0.403. The monoisotopic (exact) mass is 232 g/mol. The van der Waals surface area contributed by atoms with Crippen molar-refractivity contribution in [3.63, 3.8) is 0 Å². The fraction of sp³-hybridized carbons (Fsp3) is 0.250. The molecule has 86 valence electrons. The first-order valence-corrected chi connectivity index (χ1v) is 5.69. The Bertz CT molecular complexity index is 559. The second-order valence-electron chi connectivity index (χ2n) is 4.22. The van der Waals surface area contributed by atoms with Crippen molar-refractivity contribution in [1.29, 1.82) is 0 Å². The molecule has 1 aromatic heterocycles. The van der Waals surface area contributed by atoms with Gasteiger partial charge in [-0.2, -0.15) is 0 Å². The SMILES string of the molecule is FB(F)N1CCCc2ccc3cccnc3c21. The molecule has 0 amide bonds. The molecule has 0 fully saturated rings. The molecule has 1 aliphatic rings. The van der Waals surface area contributed by atoms with Crippen LogP contribution in [0.2, 0.25) is 0 Å². The van der Waals surface area contributed by atoms with Gasteiger partial charge >= 0.3 is 7.40 Å². The maximum Gasteiger partial charge on any atom is 0.673 e. The van der Waals surface area contributed by atoms with Crippen LogP contribution in [0.4, 0.5) is 14.3 Å². The Morgan fingerprint density at radius 2 is 2.12 bits per heavy atom. The summed E-state index contributed by atoms with van der Waals surface area (Å²) in [5.74, 6) is 0. The molecule has 0 bridgehead atoms. The van der Waals surface area contributed by atoms with Crippen LogP contribution in [0.15, 0.2) is 30.5 Å². The standard InChI is InChI=1S/C12H11BF2N2/c14-13(15)17-8-2-4-10-6-5-9-3-1-7-16-11(9)12(10)17/h1,3,5-7H,2,4,8H2. The Labute approximate surface area is 98.5 Å². The Hall–Kier alpha value is -1.65. The molecule has 0 saturated heterocycles. The van der Waals surface area contributed by atoms with E-state index in [2.05, 4.69) is 4.98 Å². The highest BCUT2D eigenvalue weighted by Crippen LogP contribution is 2.34. The predicted molar refractivity (Wildman–Crippen MR) is 65.4 cm³/mol. The van der Waals surface area contributed by atoms with Crippen LogP contribution in [-0.4, -0.2) is 18.9 Å². The maximum absolute atomic E-state index is 13.0. The lowest BCUT2D eigenvalue weighted by Gasteiger charge is -2.29. The molecule has 0 aliphatic carbocycles. The number of halogens is 2. The van der Waals surface area contributed by atoms with E-state index in [0.29, 0.717) is 17.7 Å². The summed E-state index contributed by atoms with van der Waals surface area (Å²) in [6.07, 6.45) is 3.28. The number of hydrogen-bond acceptors (Lipinski definition) is 2. The number of anilines is 1. The second kappa shape index (κ2) is 3.98. The number of hydrogen-bond donors (Lipinski definition) is 0. The highest BCUT2D eigenvalue weighted by Gasteiger charge is 2.31. The summed E-state index contributed by atoms with van der Waals surface area (Å²) in [4.78, 5) is 5.41. The molecule has 0 saturated carbocycles. The lowest BCUT2D eigenvalue weighted by Crippen LogP contribution is -2.37. The smallest absolute Gasteiger partial charge is 0.355 e. The number of fused-ring (bicyclic) bond motifs is 3. The molecule has 2 aromatic rings. The van der Waals surface area contributed by atoms with Gasteiger partial charge in [0.25, 0.3) is 0 Å². The molecule has 2 nitrogen and oxygen atoms in total. The van der Waals surface area contributed by atoms with Crippen molar-refractivity contribution in [3.8, 4) is 0 Å². The van der Waals surface area contributed by atoms with Crippen molar-refractivity contribution in [2.45, 2.75) is 12.8 Å². The second-order valence-corrected chi connectivity index (χ2v) is 4.22. The largest absolute Gasteiger partial charge is 0.673 e. The Morgan fingerprint density at radius 3 is 2.94 bits per heavy atom. The number of benzene rings is 1. The molecule has 17 heavy (non-hydrogen) atoms. The van der Waals surface area contributed by atoms with E-state index < -0.39 is 7.40 Å². The fourth-order valence-corrected chi connectivity index (χ4v) is 2.44.